The fourth-order valence-corrected chi connectivity index (χ4v) is 2.49. The minimum Gasteiger partial charge on any atom is -0.494 e. The van der Waals surface area contributed by atoms with Crippen molar-refractivity contribution in [2.75, 3.05) is 7.11 Å². The van der Waals surface area contributed by atoms with Crippen molar-refractivity contribution in [2.24, 2.45) is 0 Å². The number of para-hydroxylation sites is 1. The summed E-state index contributed by atoms with van der Waals surface area (Å²) in [6.45, 7) is 1.84. The Bertz CT molecular complexity index is 878. The summed E-state index contributed by atoms with van der Waals surface area (Å²) >= 11 is 0. The SMILES string of the molecule is COc1ccc([C@@H](C)NC(=O)Cn2nnc3ccccc32)cc1F. The van der Waals surface area contributed by atoms with Crippen LogP contribution in [0.25, 0.3) is 11.0 Å². The van der Waals surface area contributed by atoms with E-state index in [1.165, 1.54) is 23.9 Å². The van der Waals surface area contributed by atoms with Gasteiger partial charge in [0.2, 0.25) is 5.91 Å². The van der Waals surface area contributed by atoms with Crippen molar-refractivity contribution < 1.29 is 13.9 Å². The summed E-state index contributed by atoms with van der Waals surface area (Å²) in [6.07, 6.45) is 0. The highest BCUT2D eigenvalue weighted by molar-refractivity contribution is 5.80. The van der Waals surface area contributed by atoms with E-state index >= 15 is 0 Å². The second-order valence-corrected chi connectivity index (χ2v) is 5.42. The zero-order valence-electron chi connectivity index (χ0n) is 13.4. The first-order valence-corrected chi connectivity index (χ1v) is 7.49. The van der Waals surface area contributed by atoms with Gasteiger partial charge in [-0.25, -0.2) is 9.07 Å². The van der Waals surface area contributed by atoms with E-state index in [0.29, 0.717) is 5.56 Å². The molecule has 0 radical (unpaired) electrons. The summed E-state index contributed by atoms with van der Waals surface area (Å²) in [5, 5.41) is 10.8. The number of fused-ring (bicyclic) bond motifs is 1. The fraction of sp³-hybridized carbons (Fsp3) is 0.235. The zero-order valence-corrected chi connectivity index (χ0v) is 13.4. The molecule has 1 amide bonds. The summed E-state index contributed by atoms with van der Waals surface area (Å²) in [5.41, 5.74) is 2.18. The van der Waals surface area contributed by atoms with E-state index in [2.05, 4.69) is 15.6 Å². The van der Waals surface area contributed by atoms with Crippen molar-refractivity contribution in [3.63, 3.8) is 0 Å². The Hall–Kier alpha value is -2.96. The number of carbonyl (C=O) groups is 1. The van der Waals surface area contributed by atoms with Crippen molar-refractivity contribution >= 4 is 16.9 Å². The minimum atomic E-state index is -0.460. The van der Waals surface area contributed by atoms with Crippen LogP contribution < -0.4 is 10.1 Å². The molecule has 2 aromatic carbocycles. The summed E-state index contributed by atoms with van der Waals surface area (Å²) in [4.78, 5) is 12.2. The van der Waals surface area contributed by atoms with Crippen molar-refractivity contribution in [3.05, 3.63) is 53.8 Å². The smallest absolute Gasteiger partial charge is 0.242 e. The number of nitrogens with zero attached hydrogens (tertiary/aromatic N) is 3. The molecule has 3 rings (SSSR count). The van der Waals surface area contributed by atoms with Crippen LogP contribution in [0.1, 0.15) is 18.5 Å². The number of halogens is 1. The zero-order chi connectivity index (χ0) is 17.1. The molecule has 1 N–H and O–H groups in total. The Morgan fingerprint density at radius 1 is 1.33 bits per heavy atom. The number of rotatable bonds is 5. The predicted molar refractivity (Wildman–Crippen MR) is 87.0 cm³/mol. The molecule has 0 aliphatic heterocycles. The van der Waals surface area contributed by atoms with Gasteiger partial charge in [-0.05, 0) is 36.8 Å². The van der Waals surface area contributed by atoms with Gasteiger partial charge in [-0.1, -0.05) is 23.4 Å². The third-order valence-electron chi connectivity index (χ3n) is 3.77. The molecule has 7 heteroatoms. The second kappa shape index (κ2) is 6.66. The largest absolute Gasteiger partial charge is 0.494 e. The van der Waals surface area contributed by atoms with Gasteiger partial charge in [0.15, 0.2) is 11.6 Å². The standard InChI is InChI=1S/C17H17FN4O2/c1-11(12-7-8-16(24-2)13(18)9-12)19-17(23)10-22-15-6-4-3-5-14(15)20-21-22/h3-9,11H,10H2,1-2H3,(H,19,23)/t11-/m1/s1. The molecule has 0 aliphatic carbocycles. The van der Waals surface area contributed by atoms with Crippen molar-refractivity contribution in [3.8, 4) is 5.75 Å². The van der Waals surface area contributed by atoms with Crippen LogP contribution in [0, 0.1) is 5.82 Å². The molecular weight excluding hydrogens is 311 g/mol. The topological polar surface area (TPSA) is 69.0 Å². The first kappa shape index (κ1) is 15.9. The van der Waals surface area contributed by atoms with Gasteiger partial charge in [0, 0.05) is 0 Å². The molecule has 1 heterocycles. The summed E-state index contributed by atoms with van der Waals surface area (Å²) in [7, 11) is 1.41. The minimum absolute atomic E-state index is 0.0451. The van der Waals surface area contributed by atoms with Gasteiger partial charge in [-0.15, -0.1) is 5.10 Å². The van der Waals surface area contributed by atoms with Crippen LogP contribution in [0.5, 0.6) is 5.75 Å². The molecule has 0 spiro atoms. The number of carbonyl (C=O) groups excluding carboxylic acids is 1. The molecule has 0 saturated heterocycles. The van der Waals surface area contributed by atoms with Crippen LogP contribution in [0.15, 0.2) is 42.5 Å². The maximum atomic E-state index is 13.8. The number of amides is 1. The van der Waals surface area contributed by atoms with Gasteiger partial charge in [0.25, 0.3) is 0 Å². The lowest BCUT2D eigenvalue weighted by molar-refractivity contribution is -0.122. The van der Waals surface area contributed by atoms with E-state index in [0.717, 1.165) is 11.0 Å². The molecule has 0 unspecified atom stereocenters. The Balaban J connectivity index is 1.69. The third-order valence-corrected chi connectivity index (χ3v) is 3.77. The third kappa shape index (κ3) is 3.19. The lowest BCUT2D eigenvalue weighted by Gasteiger charge is -2.15. The van der Waals surface area contributed by atoms with E-state index < -0.39 is 5.82 Å². The summed E-state index contributed by atoms with van der Waals surface area (Å²) < 4.78 is 20.2. The highest BCUT2D eigenvalue weighted by Crippen LogP contribution is 2.21. The second-order valence-electron chi connectivity index (χ2n) is 5.42. The molecule has 3 aromatic rings. The number of methoxy groups -OCH3 is 1. The van der Waals surface area contributed by atoms with Crippen LogP contribution >= 0.6 is 0 Å². The van der Waals surface area contributed by atoms with Crippen LogP contribution in [0.4, 0.5) is 4.39 Å². The lowest BCUT2D eigenvalue weighted by atomic mass is 10.1. The van der Waals surface area contributed by atoms with E-state index in [-0.39, 0.29) is 24.2 Å². The van der Waals surface area contributed by atoms with E-state index in [9.17, 15) is 9.18 Å². The molecule has 1 aromatic heterocycles. The van der Waals surface area contributed by atoms with Crippen molar-refractivity contribution in [1.82, 2.24) is 20.3 Å². The number of aromatic nitrogens is 3. The van der Waals surface area contributed by atoms with Crippen LogP contribution in [0.3, 0.4) is 0 Å². The van der Waals surface area contributed by atoms with Gasteiger partial charge in [0.05, 0.1) is 18.7 Å². The van der Waals surface area contributed by atoms with Gasteiger partial charge in [0.1, 0.15) is 12.1 Å². The Morgan fingerprint density at radius 3 is 2.88 bits per heavy atom. The predicted octanol–water partition coefficient (Wildman–Crippen LogP) is 2.46. The molecule has 0 aliphatic rings. The van der Waals surface area contributed by atoms with Crippen LogP contribution in [0.2, 0.25) is 0 Å². The average molecular weight is 328 g/mol. The summed E-state index contributed by atoms with van der Waals surface area (Å²) in [6, 6.07) is 11.7. The van der Waals surface area contributed by atoms with Gasteiger partial charge >= 0.3 is 0 Å². The number of hydrogen-bond acceptors (Lipinski definition) is 4. The molecule has 1 atom stereocenters. The fourth-order valence-electron chi connectivity index (χ4n) is 2.49. The highest BCUT2D eigenvalue weighted by atomic mass is 19.1. The quantitative estimate of drug-likeness (QED) is 0.781. The molecule has 0 bridgehead atoms. The molecule has 6 nitrogen and oxygen atoms in total. The number of ether oxygens (including phenoxy) is 1. The Morgan fingerprint density at radius 2 is 2.12 bits per heavy atom. The van der Waals surface area contributed by atoms with E-state index in [1.807, 2.05) is 24.3 Å². The first-order valence-electron chi connectivity index (χ1n) is 7.49. The Kier molecular flexibility index (Phi) is 4.41. The maximum absolute atomic E-state index is 13.8. The molecule has 124 valence electrons. The van der Waals surface area contributed by atoms with Crippen LogP contribution in [-0.2, 0) is 11.3 Å². The lowest BCUT2D eigenvalue weighted by Crippen LogP contribution is -2.30. The molecule has 24 heavy (non-hydrogen) atoms. The van der Waals surface area contributed by atoms with Crippen molar-refractivity contribution in [2.45, 2.75) is 19.5 Å². The monoisotopic (exact) mass is 328 g/mol. The number of nitrogens with one attached hydrogen (secondary N) is 1. The first-order chi connectivity index (χ1) is 11.6. The Labute approximate surface area is 138 Å². The normalized spacial score (nSPS) is 12.1. The van der Waals surface area contributed by atoms with E-state index in [1.54, 1.807) is 13.0 Å². The van der Waals surface area contributed by atoms with Gasteiger partial charge < -0.3 is 10.1 Å². The van der Waals surface area contributed by atoms with Gasteiger partial charge in [-0.3, -0.25) is 4.79 Å². The maximum Gasteiger partial charge on any atom is 0.242 e. The molecular formula is C17H17FN4O2. The van der Waals surface area contributed by atoms with E-state index in [4.69, 9.17) is 4.74 Å². The average Bonchev–Trinajstić information content (AvgIpc) is 2.97. The van der Waals surface area contributed by atoms with Crippen LogP contribution in [-0.4, -0.2) is 28.0 Å². The number of benzene rings is 2. The molecule has 0 fully saturated rings. The highest BCUT2D eigenvalue weighted by Gasteiger charge is 2.14. The summed E-state index contributed by atoms with van der Waals surface area (Å²) in [5.74, 6) is -0.515. The van der Waals surface area contributed by atoms with Crippen molar-refractivity contribution in [1.29, 1.82) is 0 Å². The molecule has 0 saturated carbocycles. The van der Waals surface area contributed by atoms with Gasteiger partial charge in [-0.2, -0.15) is 0 Å². The number of hydrogen-bond donors (Lipinski definition) is 1.